The van der Waals surface area contributed by atoms with Gasteiger partial charge in [0.25, 0.3) is 0 Å². The van der Waals surface area contributed by atoms with E-state index in [-0.39, 0.29) is 0 Å². The SMILES string of the molecule is C1CC2CC3CCCN3C2C1. The molecule has 62 valence electrons. The Morgan fingerprint density at radius 1 is 1.00 bits per heavy atom. The molecule has 2 aliphatic heterocycles. The minimum Gasteiger partial charge on any atom is -0.297 e. The first-order chi connectivity index (χ1) is 5.45. The van der Waals surface area contributed by atoms with Crippen molar-refractivity contribution in [1.29, 1.82) is 0 Å². The number of fused-ring (bicyclic) bond motifs is 3. The second-order valence-corrected chi connectivity index (χ2v) is 4.53. The van der Waals surface area contributed by atoms with E-state index < -0.39 is 0 Å². The second kappa shape index (κ2) is 2.22. The molecule has 3 atom stereocenters. The minimum absolute atomic E-state index is 1.02. The maximum Gasteiger partial charge on any atom is 0.0127 e. The van der Waals surface area contributed by atoms with Crippen LogP contribution in [0.15, 0.2) is 0 Å². The zero-order valence-corrected chi connectivity index (χ0v) is 7.13. The summed E-state index contributed by atoms with van der Waals surface area (Å²) in [5, 5.41) is 0. The summed E-state index contributed by atoms with van der Waals surface area (Å²) >= 11 is 0. The first-order valence-corrected chi connectivity index (χ1v) is 5.21. The normalized spacial score (nSPS) is 49.6. The molecular formula is C10H17N. The third-order valence-electron chi connectivity index (χ3n) is 4.04. The van der Waals surface area contributed by atoms with Crippen molar-refractivity contribution in [2.24, 2.45) is 5.92 Å². The third kappa shape index (κ3) is 0.807. The average Bonchev–Trinajstić information content (AvgIpc) is 2.52. The largest absolute Gasteiger partial charge is 0.297 e. The number of hydrogen-bond donors (Lipinski definition) is 0. The molecule has 0 amide bonds. The number of rotatable bonds is 0. The molecule has 2 saturated heterocycles. The van der Waals surface area contributed by atoms with E-state index in [1.54, 1.807) is 6.42 Å². The van der Waals surface area contributed by atoms with Crippen LogP contribution < -0.4 is 0 Å². The van der Waals surface area contributed by atoms with E-state index in [2.05, 4.69) is 4.90 Å². The van der Waals surface area contributed by atoms with Gasteiger partial charge in [-0.3, -0.25) is 4.90 Å². The minimum atomic E-state index is 1.02. The Bertz CT molecular complexity index is 148. The van der Waals surface area contributed by atoms with Gasteiger partial charge in [-0.25, -0.2) is 0 Å². The van der Waals surface area contributed by atoms with Gasteiger partial charge in [-0.15, -0.1) is 0 Å². The average molecular weight is 151 g/mol. The molecule has 11 heavy (non-hydrogen) atoms. The molecule has 0 bridgehead atoms. The lowest BCUT2D eigenvalue weighted by Crippen LogP contribution is -2.31. The molecule has 1 nitrogen and oxygen atoms in total. The molecule has 3 rings (SSSR count). The Morgan fingerprint density at radius 3 is 3.00 bits per heavy atom. The van der Waals surface area contributed by atoms with E-state index in [4.69, 9.17) is 0 Å². The van der Waals surface area contributed by atoms with Gasteiger partial charge in [0, 0.05) is 12.1 Å². The summed E-state index contributed by atoms with van der Waals surface area (Å²) in [4.78, 5) is 2.82. The van der Waals surface area contributed by atoms with E-state index in [9.17, 15) is 0 Å². The van der Waals surface area contributed by atoms with E-state index in [1.165, 1.54) is 38.6 Å². The van der Waals surface area contributed by atoms with E-state index in [0.29, 0.717) is 0 Å². The smallest absolute Gasteiger partial charge is 0.0127 e. The maximum atomic E-state index is 2.82. The van der Waals surface area contributed by atoms with Crippen molar-refractivity contribution in [3.8, 4) is 0 Å². The second-order valence-electron chi connectivity index (χ2n) is 4.53. The quantitative estimate of drug-likeness (QED) is 0.512. The monoisotopic (exact) mass is 151 g/mol. The van der Waals surface area contributed by atoms with Gasteiger partial charge in [0.1, 0.15) is 0 Å². The van der Waals surface area contributed by atoms with Crippen molar-refractivity contribution >= 4 is 0 Å². The van der Waals surface area contributed by atoms with Crippen LogP contribution >= 0.6 is 0 Å². The van der Waals surface area contributed by atoms with Gasteiger partial charge in [-0.2, -0.15) is 0 Å². The summed E-state index contributed by atoms with van der Waals surface area (Å²) in [6, 6.07) is 2.05. The standard InChI is InChI=1S/C10H17N/c1-3-8-7-9-4-2-6-11(9)10(8)5-1/h8-10H,1-7H2. The fraction of sp³-hybridized carbons (Fsp3) is 1.00. The summed E-state index contributed by atoms with van der Waals surface area (Å²) in [5.74, 6) is 1.11. The van der Waals surface area contributed by atoms with Crippen molar-refractivity contribution in [1.82, 2.24) is 4.90 Å². The molecule has 0 spiro atoms. The van der Waals surface area contributed by atoms with Gasteiger partial charge in [-0.1, -0.05) is 6.42 Å². The van der Waals surface area contributed by atoms with Crippen LogP contribution in [0.25, 0.3) is 0 Å². The van der Waals surface area contributed by atoms with Crippen LogP contribution in [0, 0.1) is 5.92 Å². The van der Waals surface area contributed by atoms with Crippen LogP contribution in [0.1, 0.15) is 38.5 Å². The highest BCUT2D eigenvalue weighted by Gasteiger charge is 2.44. The summed E-state index contributed by atoms with van der Waals surface area (Å²) in [5.41, 5.74) is 0. The maximum absolute atomic E-state index is 2.82. The molecule has 3 aliphatic rings. The highest BCUT2D eigenvalue weighted by molar-refractivity contribution is 4.99. The molecule has 0 aromatic heterocycles. The summed E-state index contributed by atoms with van der Waals surface area (Å²) in [6.07, 6.45) is 9.10. The van der Waals surface area contributed by atoms with Gasteiger partial charge < -0.3 is 0 Å². The van der Waals surface area contributed by atoms with Crippen LogP contribution in [0.5, 0.6) is 0 Å². The zero-order chi connectivity index (χ0) is 7.26. The Labute approximate surface area is 68.8 Å². The fourth-order valence-electron chi connectivity index (χ4n) is 3.63. The first kappa shape index (κ1) is 6.47. The van der Waals surface area contributed by atoms with Gasteiger partial charge in [0.15, 0.2) is 0 Å². The predicted octanol–water partition coefficient (Wildman–Crippen LogP) is 2.02. The number of hydrogen-bond acceptors (Lipinski definition) is 1. The Kier molecular flexibility index (Phi) is 1.31. The zero-order valence-electron chi connectivity index (χ0n) is 7.13. The Morgan fingerprint density at radius 2 is 2.00 bits per heavy atom. The molecule has 0 radical (unpaired) electrons. The molecule has 0 aromatic carbocycles. The van der Waals surface area contributed by atoms with Crippen molar-refractivity contribution < 1.29 is 0 Å². The van der Waals surface area contributed by atoms with Gasteiger partial charge in [0.2, 0.25) is 0 Å². The van der Waals surface area contributed by atoms with Gasteiger partial charge in [-0.05, 0) is 44.6 Å². The van der Waals surface area contributed by atoms with Gasteiger partial charge in [0.05, 0.1) is 0 Å². The predicted molar refractivity (Wildman–Crippen MR) is 45.5 cm³/mol. The van der Waals surface area contributed by atoms with Crippen molar-refractivity contribution in [3.63, 3.8) is 0 Å². The molecule has 0 aromatic rings. The van der Waals surface area contributed by atoms with Crippen LogP contribution in [0.4, 0.5) is 0 Å². The van der Waals surface area contributed by atoms with Crippen LogP contribution in [-0.4, -0.2) is 23.5 Å². The van der Waals surface area contributed by atoms with E-state index in [0.717, 1.165) is 18.0 Å². The molecule has 3 unspecified atom stereocenters. The van der Waals surface area contributed by atoms with Crippen molar-refractivity contribution in [3.05, 3.63) is 0 Å². The molecule has 1 saturated carbocycles. The van der Waals surface area contributed by atoms with Gasteiger partial charge >= 0.3 is 0 Å². The van der Waals surface area contributed by atoms with Crippen LogP contribution in [0.2, 0.25) is 0 Å². The highest BCUT2D eigenvalue weighted by atomic mass is 15.2. The summed E-state index contributed by atoms with van der Waals surface area (Å²) < 4.78 is 0. The Hall–Kier alpha value is -0.0400. The summed E-state index contributed by atoms with van der Waals surface area (Å²) in [6.45, 7) is 1.42. The molecule has 2 heterocycles. The van der Waals surface area contributed by atoms with Crippen molar-refractivity contribution in [2.45, 2.75) is 50.6 Å². The topological polar surface area (TPSA) is 3.24 Å². The Balaban J connectivity index is 1.84. The molecule has 0 N–H and O–H groups in total. The van der Waals surface area contributed by atoms with Crippen molar-refractivity contribution in [2.75, 3.05) is 6.54 Å². The number of nitrogens with zero attached hydrogens (tertiary/aromatic N) is 1. The lowest BCUT2D eigenvalue weighted by molar-refractivity contribution is 0.236. The first-order valence-electron chi connectivity index (χ1n) is 5.21. The lowest BCUT2D eigenvalue weighted by Gasteiger charge is -2.21. The molecule has 1 aliphatic carbocycles. The molecular weight excluding hydrogens is 134 g/mol. The summed E-state index contributed by atoms with van der Waals surface area (Å²) in [7, 11) is 0. The van der Waals surface area contributed by atoms with Crippen LogP contribution in [-0.2, 0) is 0 Å². The van der Waals surface area contributed by atoms with E-state index in [1.807, 2.05) is 0 Å². The molecule has 1 heteroatoms. The van der Waals surface area contributed by atoms with E-state index >= 15 is 0 Å². The highest BCUT2D eigenvalue weighted by Crippen LogP contribution is 2.44. The fourth-order valence-corrected chi connectivity index (χ4v) is 3.63. The molecule has 3 fully saturated rings. The lowest BCUT2D eigenvalue weighted by atomic mass is 10.00. The van der Waals surface area contributed by atoms with Crippen LogP contribution in [0.3, 0.4) is 0 Å². The third-order valence-corrected chi connectivity index (χ3v) is 4.04.